The third-order valence-electron chi connectivity index (χ3n) is 7.51. The molecule has 3 nitrogen and oxygen atoms in total. The topological polar surface area (TPSA) is 27.1 Å². The van der Waals surface area contributed by atoms with Gasteiger partial charge in [-0.3, -0.25) is 0 Å². The van der Waals surface area contributed by atoms with Crippen LogP contribution in [0.15, 0.2) is 140 Å². The molecular formula is C36H28N2O. The van der Waals surface area contributed by atoms with Gasteiger partial charge in [0.1, 0.15) is 11.9 Å². The van der Waals surface area contributed by atoms with E-state index in [0.29, 0.717) is 13.2 Å². The van der Waals surface area contributed by atoms with Crippen molar-refractivity contribution in [2.45, 2.75) is 19.3 Å². The second-order valence-corrected chi connectivity index (χ2v) is 9.92. The fraction of sp³-hybridized carbons (Fsp3) is 0.0833. The van der Waals surface area contributed by atoms with Crippen LogP contribution >= 0.6 is 0 Å². The molecule has 39 heavy (non-hydrogen) atoms. The maximum Gasteiger partial charge on any atom is 0.144 e. The fourth-order valence-corrected chi connectivity index (χ4v) is 5.60. The van der Waals surface area contributed by atoms with Crippen molar-refractivity contribution in [3.63, 3.8) is 0 Å². The van der Waals surface area contributed by atoms with Gasteiger partial charge in [0.15, 0.2) is 0 Å². The Kier molecular flexibility index (Phi) is 6.12. The summed E-state index contributed by atoms with van der Waals surface area (Å²) in [5.74, 6) is 0.913. The second-order valence-electron chi connectivity index (χ2n) is 9.92. The number of nitrogens with zero attached hydrogens (tertiary/aromatic N) is 2. The highest BCUT2D eigenvalue weighted by Gasteiger charge is 2.24. The molecule has 0 fully saturated rings. The van der Waals surface area contributed by atoms with Crippen LogP contribution in [0.2, 0.25) is 0 Å². The van der Waals surface area contributed by atoms with E-state index in [2.05, 4.69) is 138 Å². The Morgan fingerprint density at radius 2 is 1.15 bits per heavy atom. The average molecular weight is 505 g/mol. The van der Waals surface area contributed by atoms with E-state index in [1.54, 1.807) is 0 Å². The molecule has 0 saturated carbocycles. The van der Waals surface area contributed by atoms with Gasteiger partial charge in [0.05, 0.1) is 24.2 Å². The van der Waals surface area contributed by atoms with Crippen molar-refractivity contribution >= 4 is 32.6 Å². The van der Waals surface area contributed by atoms with Gasteiger partial charge in [-0.1, -0.05) is 127 Å². The summed E-state index contributed by atoms with van der Waals surface area (Å²) in [6.45, 7) is 1.19. The van der Waals surface area contributed by atoms with Crippen molar-refractivity contribution in [3.05, 3.63) is 162 Å². The first-order chi connectivity index (χ1) is 19.3. The SMILES string of the molecule is c1ccc(C(OCc2cccc3ccccc23)c2nc3ccccc3n2Cc2cccc3ccccc23)cc1. The van der Waals surface area contributed by atoms with Gasteiger partial charge in [-0.2, -0.15) is 0 Å². The molecule has 0 bridgehead atoms. The molecule has 0 radical (unpaired) electrons. The Labute approximate surface area is 227 Å². The highest BCUT2D eigenvalue weighted by Crippen LogP contribution is 2.32. The lowest BCUT2D eigenvalue weighted by atomic mass is 10.0. The third kappa shape index (κ3) is 4.47. The summed E-state index contributed by atoms with van der Waals surface area (Å²) >= 11 is 0. The predicted molar refractivity (Wildman–Crippen MR) is 160 cm³/mol. The Balaban J connectivity index is 1.35. The van der Waals surface area contributed by atoms with E-state index < -0.39 is 0 Å². The van der Waals surface area contributed by atoms with Crippen molar-refractivity contribution in [1.82, 2.24) is 9.55 Å². The average Bonchev–Trinajstić information content (AvgIpc) is 3.36. The first kappa shape index (κ1) is 23.4. The van der Waals surface area contributed by atoms with E-state index in [9.17, 15) is 0 Å². The predicted octanol–water partition coefficient (Wildman–Crippen LogP) is 8.70. The molecule has 0 amide bonds. The van der Waals surface area contributed by atoms with Crippen LogP contribution in [0.1, 0.15) is 28.6 Å². The fourth-order valence-electron chi connectivity index (χ4n) is 5.60. The molecule has 1 heterocycles. The Hall–Kier alpha value is -4.73. The van der Waals surface area contributed by atoms with Gasteiger partial charge in [-0.25, -0.2) is 4.98 Å². The van der Waals surface area contributed by atoms with E-state index in [-0.39, 0.29) is 6.10 Å². The lowest BCUT2D eigenvalue weighted by Gasteiger charge is -2.21. The molecule has 0 aliphatic rings. The molecule has 1 atom stereocenters. The van der Waals surface area contributed by atoms with E-state index in [1.165, 1.54) is 32.7 Å². The van der Waals surface area contributed by atoms with Crippen molar-refractivity contribution in [3.8, 4) is 0 Å². The van der Waals surface area contributed by atoms with E-state index in [1.807, 2.05) is 6.07 Å². The van der Waals surface area contributed by atoms with Crippen LogP contribution in [0.3, 0.4) is 0 Å². The number of fused-ring (bicyclic) bond motifs is 3. The summed E-state index contributed by atoms with van der Waals surface area (Å²) in [6, 6.07) is 48.8. The number of aromatic nitrogens is 2. The van der Waals surface area contributed by atoms with Crippen molar-refractivity contribution in [2.75, 3.05) is 0 Å². The number of rotatable bonds is 7. The summed E-state index contributed by atoms with van der Waals surface area (Å²) < 4.78 is 9.15. The van der Waals surface area contributed by atoms with Crippen molar-refractivity contribution < 1.29 is 4.74 Å². The Morgan fingerprint density at radius 3 is 1.92 bits per heavy atom. The number of hydrogen-bond acceptors (Lipinski definition) is 2. The number of imidazole rings is 1. The minimum absolute atomic E-state index is 0.326. The van der Waals surface area contributed by atoms with Crippen LogP contribution in [0.25, 0.3) is 32.6 Å². The molecular weight excluding hydrogens is 476 g/mol. The molecule has 1 unspecified atom stereocenters. The number of ether oxygens (including phenoxy) is 1. The zero-order chi connectivity index (χ0) is 26.0. The van der Waals surface area contributed by atoms with E-state index in [4.69, 9.17) is 9.72 Å². The summed E-state index contributed by atoms with van der Waals surface area (Å²) in [4.78, 5) is 5.18. The van der Waals surface area contributed by atoms with Gasteiger partial charge in [0.25, 0.3) is 0 Å². The first-order valence-electron chi connectivity index (χ1n) is 13.4. The largest absolute Gasteiger partial charge is 0.361 e. The van der Waals surface area contributed by atoms with Crippen LogP contribution in [0.5, 0.6) is 0 Å². The lowest BCUT2D eigenvalue weighted by molar-refractivity contribution is 0.0599. The molecule has 6 aromatic carbocycles. The third-order valence-corrected chi connectivity index (χ3v) is 7.51. The maximum atomic E-state index is 6.82. The number of hydrogen-bond donors (Lipinski definition) is 0. The smallest absolute Gasteiger partial charge is 0.144 e. The number of benzene rings is 6. The standard InChI is InChI=1S/C36H28N2O/c1-2-14-28(15-3-1)35(39-25-30-19-11-17-27-13-5-7-21-32(27)30)36-37-33-22-8-9-23-34(33)38(36)24-29-18-10-16-26-12-4-6-20-31(26)29/h1-23,35H,24-25H2. The Morgan fingerprint density at radius 1 is 0.564 bits per heavy atom. The Bertz CT molecular complexity index is 1890. The minimum Gasteiger partial charge on any atom is -0.361 e. The highest BCUT2D eigenvalue weighted by atomic mass is 16.5. The van der Waals surface area contributed by atoms with Gasteiger partial charge in [0.2, 0.25) is 0 Å². The van der Waals surface area contributed by atoms with Gasteiger partial charge in [-0.15, -0.1) is 0 Å². The number of para-hydroxylation sites is 2. The zero-order valence-corrected chi connectivity index (χ0v) is 21.6. The van der Waals surface area contributed by atoms with Crippen LogP contribution in [0.4, 0.5) is 0 Å². The molecule has 0 aliphatic carbocycles. The van der Waals surface area contributed by atoms with Crippen molar-refractivity contribution in [1.29, 1.82) is 0 Å². The summed E-state index contributed by atoms with van der Waals surface area (Å²) in [6.07, 6.45) is -0.326. The molecule has 188 valence electrons. The van der Waals surface area contributed by atoms with Crippen molar-refractivity contribution in [2.24, 2.45) is 0 Å². The van der Waals surface area contributed by atoms with Crippen LogP contribution in [-0.4, -0.2) is 9.55 Å². The normalized spacial score (nSPS) is 12.3. The van der Waals surface area contributed by atoms with Gasteiger partial charge < -0.3 is 9.30 Å². The zero-order valence-electron chi connectivity index (χ0n) is 21.6. The molecule has 0 aliphatic heterocycles. The van der Waals surface area contributed by atoms with E-state index >= 15 is 0 Å². The van der Waals surface area contributed by atoms with Crippen LogP contribution in [0, 0.1) is 0 Å². The summed E-state index contributed by atoms with van der Waals surface area (Å²) in [7, 11) is 0. The van der Waals surface area contributed by atoms with Gasteiger partial charge in [-0.05, 0) is 50.4 Å². The molecule has 3 heteroatoms. The molecule has 1 aromatic heterocycles. The monoisotopic (exact) mass is 504 g/mol. The van der Waals surface area contributed by atoms with Crippen LogP contribution in [-0.2, 0) is 17.9 Å². The van der Waals surface area contributed by atoms with Gasteiger partial charge >= 0.3 is 0 Å². The van der Waals surface area contributed by atoms with E-state index in [0.717, 1.165) is 22.4 Å². The van der Waals surface area contributed by atoms with Crippen LogP contribution < -0.4 is 0 Å². The molecule has 0 saturated heterocycles. The quantitative estimate of drug-likeness (QED) is 0.217. The minimum atomic E-state index is -0.326. The maximum absolute atomic E-state index is 6.82. The summed E-state index contributed by atoms with van der Waals surface area (Å²) in [5, 5.41) is 4.94. The molecule has 0 spiro atoms. The molecule has 7 rings (SSSR count). The molecule has 7 aromatic rings. The summed E-state index contributed by atoms with van der Waals surface area (Å²) in [5.41, 5.74) is 5.61. The second kappa shape index (κ2) is 10.2. The lowest BCUT2D eigenvalue weighted by Crippen LogP contribution is -2.15. The molecule has 0 N–H and O–H groups in total. The highest BCUT2D eigenvalue weighted by molar-refractivity contribution is 5.86. The first-order valence-corrected chi connectivity index (χ1v) is 13.4. The van der Waals surface area contributed by atoms with Gasteiger partial charge in [0, 0.05) is 0 Å².